The van der Waals surface area contributed by atoms with Crippen molar-refractivity contribution in [3.8, 4) is 0 Å². The highest BCUT2D eigenvalue weighted by molar-refractivity contribution is 8.27. The summed E-state index contributed by atoms with van der Waals surface area (Å²) in [5, 5.41) is 3.95. The Labute approximate surface area is 207 Å². The van der Waals surface area contributed by atoms with Crippen molar-refractivity contribution in [1.82, 2.24) is 9.88 Å². The summed E-state index contributed by atoms with van der Waals surface area (Å²) in [5.41, 5.74) is 3.61. The summed E-state index contributed by atoms with van der Waals surface area (Å²) in [7, 11) is 0. The minimum absolute atomic E-state index is 0.0773. The first-order valence-electron chi connectivity index (χ1n) is 10.8. The van der Waals surface area contributed by atoms with E-state index in [1.54, 1.807) is 4.90 Å². The van der Waals surface area contributed by atoms with Crippen LogP contribution < -0.4 is 10.2 Å². The Balaban J connectivity index is 1.39. The number of para-hydroxylation sites is 2. The first-order valence-corrected chi connectivity index (χ1v) is 12.0. The Morgan fingerprint density at radius 2 is 1.62 bits per heavy atom. The van der Waals surface area contributed by atoms with Crippen LogP contribution in [0.1, 0.15) is 11.1 Å². The van der Waals surface area contributed by atoms with Gasteiger partial charge in [0.1, 0.15) is 6.54 Å². The summed E-state index contributed by atoms with van der Waals surface area (Å²) in [6, 6.07) is 27.1. The fourth-order valence-electron chi connectivity index (χ4n) is 3.94. The van der Waals surface area contributed by atoms with Crippen molar-refractivity contribution >= 4 is 62.8 Å². The van der Waals surface area contributed by atoms with E-state index in [9.17, 15) is 9.59 Å². The fourth-order valence-corrected chi connectivity index (χ4v) is 5.23. The quantitative estimate of drug-likeness (QED) is 0.296. The Kier molecular flexibility index (Phi) is 6.29. The van der Waals surface area contributed by atoms with Gasteiger partial charge >= 0.3 is 0 Å². The van der Waals surface area contributed by atoms with Crippen LogP contribution in [0.2, 0.25) is 0 Å². The van der Waals surface area contributed by atoms with Crippen LogP contribution in [-0.4, -0.2) is 20.7 Å². The van der Waals surface area contributed by atoms with E-state index >= 15 is 0 Å². The Bertz CT molecular complexity index is 1410. The molecule has 0 atom stereocenters. The van der Waals surface area contributed by atoms with Crippen LogP contribution in [0, 0.1) is 0 Å². The molecule has 0 aliphatic carbocycles. The minimum atomic E-state index is -0.140. The molecule has 4 aromatic rings. The third-order valence-electron chi connectivity index (χ3n) is 5.56. The maximum absolute atomic E-state index is 13.1. The predicted octanol–water partition coefficient (Wildman–Crippen LogP) is 5.36. The summed E-state index contributed by atoms with van der Waals surface area (Å²) in [5.74, 6) is -0.217. The van der Waals surface area contributed by atoms with Crippen LogP contribution >= 0.6 is 24.0 Å². The number of hydrogen-bond acceptors (Lipinski definition) is 4. The number of thioether (sulfide) groups is 1. The molecule has 0 bridgehead atoms. The number of benzene rings is 3. The molecule has 5 rings (SSSR count). The Hall–Kier alpha value is -3.68. The number of rotatable bonds is 6. The van der Waals surface area contributed by atoms with Crippen LogP contribution in [0.15, 0.2) is 96.0 Å². The van der Waals surface area contributed by atoms with Crippen molar-refractivity contribution in [2.75, 3.05) is 4.90 Å². The molecule has 1 aromatic heterocycles. The van der Waals surface area contributed by atoms with Crippen molar-refractivity contribution in [2.24, 2.45) is 0 Å². The SMILES string of the molecule is O=C(Cn1cc(/C=C2\SC(=S)N(c3ccccc3)C2=O)c2ccccc21)NCc1ccccc1. The van der Waals surface area contributed by atoms with Crippen LogP contribution in [-0.2, 0) is 22.7 Å². The number of anilines is 1. The second kappa shape index (κ2) is 9.67. The molecule has 5 nitrogen and oxygen atoms in total. The zero-order valence-electron chi connectivity index (χ0n) is 18.2. The minimum Gasteiger partial charge on any atom is -0.350 e. The highest BCUT2D eigenvalue weighted by Crippen LogP contribution is 2.37. The van der Waals surface area contributed by atoms with Gasteiger partial charge in [-0.25, -0.2) is 0 Å². The van der Waals surface area contributed by atoms with Crippen molar-refractivity contribution in [2.45, 2.75) is 13.1 Å². The van der Waals surface area contributed by atoms with E-state index in [-0.39, 0.29) is 18.4 Å². The van der Waals surface area contributed by atoms with E-state index in [4.69, 9.17) is 12.2 Å². The van der Waals surface area contributed by atoms with Gasteiger partial charge in [-0.15, -0.1) is 0 Å². The average Bonchev–Trinajstić information content (AvgIpc) is 3.35. The largest absolute Gasteiger partial charge is 0.350 e. The molecule has 0 spiro atoms. The lowest BCUT2D eigenvalue weighted by molar-refractivity contribution is -0.121. The third kappa shape index (κ3) is 4.53. The fraction of sp³-hybridized carbons (Fsp3) is 0.0741. The van der Waals surface area contributed by atoms with Gasteiger partial charge in [-0.2, -0.15) is 0 Å². The summed E-state index contributed by atoms with van der Waals surface area (Å²) in [6.07, 6.45) is 3.78. The first kappa shape index (κ1) is 22.1. The van der Waals surface area contributed by atoms with Gasteiger partial charge in [0.25, 0.3) is 5.91 Å². The molecule has 2 heterocycles. The Morgan fingerprint density at radius 1 is 0.941 bits per heavy atom. The predicted molar refractivity (Wildman–Crippen MR) is 142 cm³/mol. The van der Waals surface area contributed by atoms with Crippen molar-refractivity contribution in [3.05, 3.63) is 107 Å². The number of hydrogen-bond donors (Lipinski definition) is 1. The lowest BCUT2D eigenvalue weighted by atomic mass is 10.1. The highest BCUT2D eigenvalue weighted by Gasteiger charge is 2.33. The van der Waals surface area contributed by atoms with Gasteiger partial charge in [-0.1, -0.05) is 90.7 Å². The van der Waals surface area contributed by atoms with Crippen LogP contribution in [0.5, 0.6) is 0 Å². The van der Waals surface area contributed by atoms with Gasteiger partial charge in [0.15, 0.2) is 4.32 Å². The number of nitrogens with zero attached hydrogens (tertiary/aromatic N) is 2. The maximum Gasteiger partial charge on any atom is 0.270 e. The number of amides is 2. The monoisotopic (exact) mass is 483 g/mol. The number of carbonyl (C=O) groups is 2. The summed E-state index contributed by atoms with van der Waals surface area (Å²) >= 11 is 6.78. The Morgan fingerprint density at radius 3 is 2.38 bits per heavy atom. The average molecular weight is 484 g/mol. The van der Waals surface area contributed by atoms with Gasteiger partial charge in [-0.3, -0.25) is 14.5 Å². The second-order valence-electron chi connectivity index (χ2n) is 7.84. The van der Waals surface area contributed by atoms with Gasteiger partial charge in [-0.05, 0) is 29.8 Å². The molecule has 34 heavy (non-hydrogen) atoms. The number of carbonyl (C=O) groups excluding carboxylic acids is 2. The molecule has 0 radical (unpaired) electrons. The molecule has 1 aliphatic heterocycles. The van der Waals surface area contributed by atoms with Gasteiger partial charge in [0, 0.05) is 29.2 Å². The molecule has 168 valence electrons. The van der Waals surface area contributed by atoms with E-state index < -0.39 is 0 Å². The lowest BCUT2D eigenvalue weighted by Crippen LogP contribution is -2.27. The maximum atomic E-state index is 13.1. The topological polar surface area (TPSA) is 54.3 Å². The third-order valence-corrected chi connectivity index (χ3v) is 6.86. The molecule has 1 fully saturated rings. The van der Waals surface area contributed by atoms with Crippen LogP contribution in [0.25, 0.3) is 17.0 Å². The highest BCUT2D eigenvalue weighted by atomic mass is 32.2. The molecule has 1 saturated heterocycles. The van der Waals surface area contributed by atoms with Gasteiger partial charge in [0.05, 0.1) is 10.6 Å². The zero-order valence-corrected chi connectivity index (χ0v) is 19.8. The molecular formula is C27H21N3O2S2. The molecule has 3 aromatic carbocycles. The number of aromatic nitrogens is 1. The molecule has 0 saturated carbocycles. The van der Waals surface area contributed by atoms with Gasteiger partial charge in [0.2, 0.25) is 5.91 Å². The van der Waals surface area contributed by atoms with Crippen molar-refractivity contribution < 1.29 is 9.59 Å². The van der Waals surface area contributed by atoms with E-state index in [0.29, 0.717) is 15.8 Å². The molecule has 2 amide bonds. The second-order valence-corrected chi connectivity index (χ2v) is 9.52. The lowest BCUT2D eigenvalue weighted by Gasteiger charge is -2.13. The zero-order chi connectivity index (χ0) is 23.5. The summed E-state index contributed by atoms with van der Waals surface area (Å²) in [4.78, 5) is 27.9. The van der Waals surface area contributed by atoms with E-state index in [1.807, 2.05) is 102 Å². The van der Waals surface area contributed by atoms with Crippen LogP contribution in [0.4, 0.5) is 5.69 Å². The summed E-state index contributed by atoms with van der Waals surface area (Å²) in [6.45, 7) is 0.667. The van der Waals surface area contributed by atoms with E-state index in [2.05, 4.69) is 5.32 Å². The molecule has 1 aliphatic rings. The molecule has 7 heteroatoms. The van der Waals surface area contributed by atoms with Crippen molar-refractivity contribution in [1.29, 1.82) is 0 Å². The normalized spacial score (nSPS) is 14.8. The number of fused-ring (bicyclic) bond motifs is 1. The van der Waals surface area contributed by atoms with Gasteiger partial charge < -0.3 is 9.88 Å². The molecular weight excluding hydrogens is 462 g/mol. The number of thiocarbonyl (C=S) groups is 1. The summed E-state index contributed by atoms with van der Waals surface area (Å²) < 4.78 is 2.42. The van der Waals surface area contributed by atoms with Crippen LogP contribution in [0.3, 0.4) is 0 Å². The van der Waals surface area contributed by atoms with E-state index in [1.165, 1.54) is 11.8 Å². The molecule has 1 N–H and O–H groups in total. The smallest absolute Gasteiger partial charge is 0.270 e. The standard InChI is InChI=1S/C27H21N3O2S2/c31-25(28-16-19-9-3-1-4-10-19)18-29-17-20(22-13-7-8-14-23(22)29)15-24-26(32)30(27(33)34-24)21-11-5-2-6-12-21/h1-15,17H,16,18H2,(H,28,31)/b24-15-. The molecule has 0 unspecified atom stereocenters. The van der Waals surface area contributed by atoms with E-state index in [0.717, 1.165) is 27.7 Å². The van der Waals surface area contributed by atoms with Crippen molar-refractivity contribution in [3.63, 3.8) is 0 Å². The first-order chi connectivity index (χ1) is 16.6. The number of nitrogens with one attached hydrogen (secondary N) is 1.